The summed E-state index contributed by atoms with van der Waals surface area (Å²) in [5.74, 6) is 0.396. The highest BCUT2D eigenvalue weighted by Crippen LogP contribution is 2.33. The molecule has 0 saturated heterocycles. The van der Waals surface area contributed by atoms with Gasteiger partial charge in [-0.05, 0) is 36.3 Å². The van der Waals surface area contributed by atoms with Gasteiger partial charge in [0.05, 0.1) is 5.56 Å². The number of anilines is 1. The van der Waals surface area contributed by atoms with E-state index in [1.54, 1.807) is 6.07 Å². The smallest absolute Gasteiger partial charge is 0.362 e. The van der Waals surface area contributed by atoms with Crippen LogP contribution in [0.5, 0.6) is 0 Å². The van der Waals surface area contributed by atoms with Gasteiger partial charge in [-0.2, -0.15) is 13.2 Å². The second-order valence-corrected chi connectivity index (χ2v) is 5.78. The van der Waals surface area contributed by atoms with E-state index in [0.29, 0.717) is 27.7 Å². The van der Waals surface area contributed by atoms with Crippen molar-refractivity contribution in [2.24, 2.45) is 5.92 Å². The van der Waals surface area contributed by atoms with E-state index >= 15 is 0 Å². The lowest BCUT2D eigenvalue weighted by molar-refractivity contribution is -0.137. The minimum Gasteiger partial charge on any atom is -0.362 e. The second-order valence-electron chi connectivity index (χ2n) is 4.46. The first-order valence-corrected chi connectivity index (χ1v) is 6.81. The van der Waals surface area contributed by atoms with Crippen LogP contribution in [-0.4, -0.2) is 11.7 Å². The molecule has 0 atom stereocenters. The molecule has 0 unspecified atom stereocenters. The highest BCUT2D eigenvalue weighted by atomic mass is 79.9. The van der Waals surface area contributed by atoms with Crippen LogP contribution in [0.3, 0.4) is 0 Å². The number of hydrogen-bond acceptors (Lipinski definition) is 1. The number of nitrogens with one attached hydrogen (secondary N) is 2. The molecule has 0 fully saturated rings. The molecule has 2 nitrogen and oxygen atoms in total. The van der Waals surface area contributed by atoms with Crippen molar-refractivity contribution in [2.45, 2.75) is 20.0 Å². The molecular formula is C12H14BrF3N2S. The summed E-state index contributed by atoms with van der Waals surface area (Å²) in [6, 6.07) is 3.59. The van der Waals surface area contributed by atoms with Gasteiger partial charge in [0.2, 0.25) is 0 Å². The number of thiocarbonyl (C=S) groups is 1. The van der Waals surface area contributed by atoms with Crippen molar-refractivity contribution in [3.05, 3.63) is 28.2 Å². The zero-order valence-corrected chi connectivity index (χ0v) is 12.8. The van der Waals surface area contributed by atoms with Crippen LogP contribution < -0.4 is 10.6 Å². The number of halogens is 4. The van der Waals surface area contributed by atoms with Crippen molar-refractivity contribution >= 4 is 38.9 Å². The fraction of sp³-hybridized carbons (Fsp3) is 0.417. The molecule has 0 amide bonds. The summed E-state index contributed by atoms with van der Waals surface area (Å²) < 4.78 is 38.3. The van der Waals surface area contributed by atoms with Gasteiger partial charge in [-0.1, -0.05) is 29.8 Å². The molecule has 1 aromatic carbocycles. The molecule has 7 heteroatoms. The Morgan fingerprint density at radius 1 is 1.32 bits per heavy atom. The molecule has 1 aromatic rings. The summed E-state index contributed by atoms with van der Waals surface area (Å²) in [5, 5.41) is 5.98. The lowest BCUT2D eigenvalue weighted by atomic mass is 10.2. The molecule has 0 spiro atoms. The molecule has 0 aliphatic carbocycles. The van der Waals surface area contributed by atoms with Gasteiger partial charge >= 0.3 is 6.18 Å². The first-order valence-electron chi connectivity index (χ1n) is 5.61. The highest BCUT2D eigenvalue weighted by molar-refractivity contribution is 9.10. The maximum atomic E-state index is 12.6. The van der Waals surface area contributed by atoms with Gasteiger partial charge in [0.15, 0.2) is 5.11 Å². The summed E-state index contributed by atoms with van der Waals surface area (Å²) in [6.07, 6.45) is -4.38. The molecule has 0 aliphatic rings. The van der Waals surface area contributed by atoms with Gasteiger partial charge < -0.3 is 10.6 Å². The molecule has 1 rings (SSSR count). The van der Waals surface area contributed by atoms with Crippen LogP contribution >= 0.6 is 28.1 Å². The zero-order valence-electron chi connectivity index (χ0n) is 10.4. The molecule has 19 heavy (non-hydrogen) atoms. The Labute approximate surface area is 123 Å². The van der Waals surface area contributed by atoms with E-state index in [9.17, 15) is 13.2 Å². The van der Waals surface area contributed by atoms with Crippen molar-refractivity contribution < 1.29 is 13.2 Å². The SMILES string of the molecule is CC(C)CNC(=S)Nc1cc(Br)cc(C(F)(F)F)c1. The third kappa shape index (κ3) is 5.78. The Balaban J connectivity index is 2.79. The minimum atomic E-state index is -4.38. The molecular weight excluding hydrogens is 341 g/mol. The molecule has 0 saturated carbocycles. The predicted octanol–water partition coefficient (Wildman–Crippen LogP) is 4.41. The van der Waals surface area contributed by atoms with Crippen LogP contribution in [-0.2, 0) is 6.18 Å². The number of alkyl halides is 3. The monoisotopic (exact) mass is 354 g/mol. The van der Waals surface area contributed by atoms with Gasteiger partial charge in [-0.25, -0.2) is 0 Å². The third-order valence-electron chi connectivity index (χ3n) is 2.15. The van der Waals surface area contributed by atoms with E-state index in [2.05, 4.69) is 26.6 Å². The first-order chi connectivity index (χ1) is 8.68. The van der Waals surface area contributed by atoms with Crippen molar-refractivity contribution in [3.63, 3.8) is 0 Å². The maximum Gasteiger partial charge on any atom is 0.416 e. The summed E-state index contributed by atoms with van der Waals surface area (Å²) in [5.41, 5.74) is -0.431. The van der Waals surface area contributed by atoms with Crippen LogP contribution in [0.4, 0.5) is 18.9 Å². The number of benzene rings is 1. The largest absolute Gasteiger partial charge is 0.416 e. The Morgan fingerprint density at radius 3 is 2.47 bits per heavy atom. The summed E-state index contributed by atoms with van der Waals surface area (Å²) in [6.45, 7) is 4.68. The minimum absolute atomic E-state index is 0.294. The van der Waals surface area contributed by atoms with Gasteiger partial charge in [0, 0.05) is 16.7 Å². The van der Waals surface area contributed by atoms with Gasteiger partial charge in [-0.15, -0.1) is 0 Å². The van der Waals surface area contributed by atoms with E-state index in [1.165, 1.54) is 0 Å². The Bertz CT molecular complexity index is 461. The van der Waals surface area contributed by atoms with Crippen LogP contribution in [0.25, 0.3) is 0 Å². The lowest BCUT2D eigenvalue weighted by Gasteiger charge is -2.14. The molecule has 106 valence electrons. The quantitative estimate of drug-likeness (QED) is 0.786. The predicted molar refractivity (Wildman–Crippen MR) is 78.2 cm³/mol. The Hall–Kier alpha value is -0.820. The summed E-state index contributed by atoms with van der Waals surface area (Å²) in [4.78, 5) is 0. The van der Waals surface area contributed by atoms with Crippen molar-refractivity contribution in [2.75, 3.05) is 11.9 Å². The first kappa shape index (κ1) is 16.2. The van der Waals surface area contributed by atoms with E-state index in [4.69, 9.17) is 12.2 Å². The summed E-state index contributed by atoms with van der Waals surface area (Å²) >= 11 is 8.07. The fourth-order valence-corrected chi connectivity index (χ4v) is 1.99. The standard InChI is InChI=1S/C12H14BrF3N2S/c1-7(2)6-17-11(19)18-10-4-8(12(14,15)16)3-9(13)5-10/h3-5,7H,6H2,1-2H3,(H2,17,18,19). The lowest BCUT2D eigenvalue weighted by Crippen LogP contribution is -2.31. The molecule has 0 aromatic heterocycles. The normalized spacial score (nSPS) is 11.5. The van der Waals surface area contributed by atoms with Crippen molar-refractivity contribution in [1.82, 2.24) is 5.32 Å². The van der Waals surface area contributed by atoms with Crippen LogP contribution in [0, 0.1) is 5.92 Å². The van der Waals surface area contributed by atoms with Crippen LogP contribution in [0.15, 0.2) is 22.7 Å². The topological polar surface area (TPSA) is 24.1 Å². The van der Waals surface area contributed by atoms with Gasteiger partial charge in [0.1, 0.15) is 0 Å². The van der Waals surface area contributed by atoms with E-state index < -0.39 is 11.7 Å². The third-order valence-corrected chi connectivity index (χ3v) is 2.86. The van der Waals surface area contributed by atoms with Crippen molar-refractivity contribution in [3.8, 4) is 0 Å². The Morgan fingerprint density at radius 2 is 1.95 bits per heavy atom. The van der Waals surface area contributed by atoms with Gasteiger partial charge in [0.25, 0.3) is 0 Å². The fourth-order valence-electron chi connectivity index (χ4n) is 1.30. The molecule has 0 aliphatic heterocycles. The van der Waals surface area contributed by atoms with E-state index in [-0.39, 0.29) is 0 Å². The summed E-state index contributed by atoms with van der Waals surface area (Å²) in [7, 11) is 0. The average Bonchev–Trinajstić information content (AvgIpc) is 2.24. The highest BCUT2D eigenvalue weighted by Gasteiger charge is 2.31. The zero-order chi connectivity index (χ0) is 14.6. The molecule has 2 N–H and O–H groups in total. The van der Waals surface area contributed by atoms with E-state index in [0.717, 1.165) is 12.1 Å². The van der Waals surface area contributed by atoms with Gasteiger partial charge in [-0.3, -0.25) is 0 Å². The number of hydrogen-bond donors (Lipinski definition) is 2. The molecule has 0 heterocycles. The second kappa shape index (κ2) is 6.56. The Kier molecular flexibility index (Phi) is 5.61. The number of rotatable bonds is 3. The maximum absolute atomic E-state index is 12.6. The van der Waals surface area contributed by atoms with E-state index in [1.807, 2.05) is 13.8 Å². The van der Waals surface area contributed by atoms with Crippen molar-refractivity contribution in [1.29, 1.82) is 0 Å². The van der Waals surface area contributed by atoms with Crippen LogP contribution in [0.2, 0.25) is 0 Å². The molecule has 0 radical (unpaired) electrons. The molecule has 0 bridgehead atoms. The average molecular weight is 355 g/mol. The van der Waals surface area contributed by atoms with Crippen LogP contribution in [0.1, 0.15) is 19.4 Å².